The Hall–Kier alpha value is -1.57. The summed E-state index contributed by atoms with van der Waals surface area (Å²) in [5.41, 5.74) is 8.20. The van der Waals surface area contributed by atoms with Crippen molar-refractivity contribution in [1.82, 2.24) is 5.73 Å². The van der Waals surface area contributed by atoms with Crippen LogP contribution in [0.4, 0.5) is 0 Å². The predicted molar refractivity (Wildman–Crippen MR) is 56.6 cm³/mol. The van der Waals surface area contributed by atoms with Crippen molar-refractivity contribution in [3.05, 3.63) is 48.6 Å². The quantitative estimate of drug-likeness (QED) is 0.653. The van der Waals surface area contributed by atoms with Crippen LogP contribution in [0.15, 0.2) is 43.0 Å². The largest absolute Gasteiger partial charge is 0.273 e. The maximum Gasteiger partial charge on any atom is 0.242 e. The highest BCUT2D eigenvalue weighted by Gasteiger charge is 2.14. The minimum atomic E-state index is -0.506. The van der Waals surface area contributed by atoms with E-state index in [1.807, 2.05) is 30.3 Å². The van der Waals surface area contributed by atoms with Crippen molar-refractivity contribution in [1.29, 1.82) is 0 Å². The summed E-state index contributed by atoms with van der Waals surface area (Å²) in [4.78, 5) is 11.0. The summed E-state index contributed by atoms with van der Waals surface area (Å²) in [6.07, 6.45) is 2.91. The monoisotopic (exact) mass is 188 g/mol. The molecule has 1 unspecified atom stereocenters. The molecule has 1 atom stereocenters. The van der Waals surface area contributed by atoms with Crippen LogP contribution in [-0.2, 0) is 11.2 Å². The fraction of sp³-hybridized carbons (Fsp3) is 0.250. The average molecular weight is 188 g/mol. The molecule has 1 aromatic rings. The van der Waals surface area contributed by atoms with Crippen molar-refractivity contribution in [2.45, 2.75) is 12.8 Å². The molecule has 0 aromatic heterocycles. The fourth-order valence-electron chi connectivity index (χ4n) is 1.38. The molecule has 2 heteroatoms. The summed E-state index contributed by atoms with van der Waals surface area (Å²) < 4.78 is 0. The second-order valence-corrected chi connectivity index (χ2v) is 3.28. The Balaban J connectivity index is 2.64. The van der Waals surface area contributed by atoms with Crippen molar-refractivity contribution in [2.75, 3.05) is 0 Å². The summed E-state index contributed by atoms with van der Waals surface area (Å²) in [6, 6.07) is 9.76. The van der Waals surface area contributed by atoms with Gasteiger partial charge in [0, 0.05) is 5.92 Å². The molecule has 0 fully saturated rings. The number of carbonyl (C=O) groups is 1. The third-order valence-electron chi connectivity index (χ3n) is 2.15. The smallest absolute Gasteiger partial charge is 0.242 e. The molecule has 0 aliphatic heterocycles. The van der Waals surface area contributed by atoms with Gasteiger partial charge in [-0.25, -0.2) is 0 Å². The van der Waals surface area contributed by atoms with Crippen LogP contribution in [0.1, 0.15) is 12.0 Å². The lowest BCUT2D eigenvalue weighted by Gasteiger charge is -2.09. The van der Waals surface area contributed by atoms with Gasteiger partial charge in [-0.2, -0.15) is 0 Å². The van der Waals surface area contributed by atoms with E-state index in [1.54, 1.807) is 6.08 Å². The number of amides is 1. The molecule has 1 amide bonds. The van der Waals surface area contributed by atoms with E-state index >= 15 is 0 Å². The minimum Gasteiger partial charge on any atom is -0.273 e. The SMILES string of the molecule is C=CCC(Cc1ccccc1)C([NH])=O. The number of carbonyl (C=O) groups excluding carboxylic acids is 1. The van der Waals surface area contributed by atoms with Gasteiger partial charge < -0.3 is 0 Å². The number of nitrogens with one attached hydrogen (secondary N) is 1. The van der Waals surface area contributed by atoms with Crippen molar-refractivity contribution < 1.29 is 4.79 Å². The van der Waals surface area contributed by atoms with E-state index in [0.29, 0.717) is 12.8 Å². The summed E-state index contributed by atoms with van der Waals surface area (Å²) in [5, 5.41) is 0. The van der Waals surface area contributed by atoms with Gasteiger partial charge in [0.1, 0.15) is 0 Å². The molecule has 0 saturated heterocycles. The lowest BCUT2D eigenvalue weighted by molar-refractivity contribution is -0.122. The highest BCUT2D eigenvalue weighted by Crippen LogP contribution is 2.12. The van der Waals surface area contributed by atoms with Crippen molar-refractivity contribution in [3.63, 3.8) is 0 Å². The number of hydrogen-bond acceptors (Lipinski definition) is 1. The number of hydrogen-bond donors (Lipinski definition) is 0. The maximum atomic E-state index is 11.0. The average Bonchev–Trinajstić information content (AvgIpc) is 2.18. The van der Waals surface area contributed by atoms with Gasteiger partial charge in [-0.15, -0.1) is 6.58 Å². The predicted octanol–water partition coefficient (Wildman–Crippen LogP) is 2.23. The molecule has 14 heavy (non-hydrogen) atoms. The molecule has 0 saturated carbocycles. The Morgan fingerprint density at radius 2 is 2.07 bits per heavy atom. The Morgan fingerprint density at radius 1 is 1.43 bits per heavy atom. The lowest BCUT2D eigenvalue weighted by Crippen LogP contribution is -2.17. The van der Waals surface area contributed by atoms with Crippen molar-refractivity contribution in [3.8, 4) is 0 Å². The third-order valence-corrected chi connectivity index (χ3v) is 2.15. The molecule has 1 N–H and O–H groups in total. The first-order valence-corrected chi connectivity index (χ1v) is 4.64. The van der Waals surface area contributed by atoms with Crippen molar-refractivity contribution in [2.24, 2.45) is 5.92 Å². The van der Waals surface area contributed by atoms with Gasteiger partial charge in [0.25, 0.3) is 0 Å². The second kappa shape index (κ2) is 5.22. The normalized spacial score (nSPS) is 12.0. The van der Waals surface area contributed by atoms with E-state index in [-0.39, 0.29) is 5.92 Å². The first-order chi connectivity index (χ1) is 6.74. The van der Waals surface area contributed by atoms with Gasteiger partial charge in [-0.1, -0.05) is 36.4 Å². The first kappa shape index (κ1) is 10.5. The summed E-state index contributed by atoms with van der Waals surface area (Å²) >= 11 is 0. The Morgan fingerprint density at radius 3 is 2.57 bits per heavy atom. The van der Waals surface area contributed by atoms with Crippen LogP contribution in [0.3, 0.4) is 0 Å². The highest BCUT2D eigenvalue weighted by molar-refractivity contribution is 5.76. The minimum absolute atomic E-state index is 0.241. The highest BCUT2D eigenvalue weighted by atomic mass is 16.1. The van der Waals surface area contributed by atoms with Crippen molar-refractivity contribution >= 4 is 5.91 Å². The molecule has 73 valence electrons. The Kier molecular flexibility index (Phi) is 3.92. The number of benzene rings is 1. The Labute approximate surface area is 84.4 Å². The number of allylic oxidation sites excluding steroid dienone is 1. The fourth-order valence-corrected chi connectivity index (χ4v) is 1.38. The van der Waals surface area contributed by atoms with Crippen LogP contribution in [0, 0.1) is 5.92 Å². The van der Waals surface area contributed by atoms with Crippen LogP contribution in [0.25, 0.3) is 0 Å². The van der Waals surface area contributed by atoms with Gasteiger partial charge in [0.15, 0.2) is 0 Å². The molecule has 0 heterocycles. The molecule has 1 rings (SSSR count). The zero-order valence-corrected chi connectivity index (χ0v) is 8.07. The van der Waals surface area contributed by atoms with Crippen LogP contribution >= 0.6 is 0 Å². The second-order valence-electron chi connectivity index (χ2n) is 3.28. The van der Waals surface area contributed by atoms with E-state index in [2.05, 4.69) is 6.58 Å². The first-order valence-electron chi connectivity index (χ1n) is 4.64. The lowest BCUT2D eigenvalue weighted by atomic mass is 9.96. The van der Waals surface area contributed by atoms with Gasteiger partial charge >= 0.3 is 0 Å². The van der Waals surface area contributed by atoms with Crippen LogP contribution in [0.5, 0.6) is 0 Å². The molecule has 2 nitrogen and oxygen atoms in total. The van der Waals surface area contributed by atoms with Gasteiger partial charge in [0.2, 0.25) is 5.91 Å². The van der Waals surface area contributed by atoms with E-state index in [4.69, 9.17) is 5.73 Å². The van der Waals surface area contributed by atoms with E-state index in [1.165, 1.54) is 0 Å². The molecule has 0 bridgehead atoms. The van der Waals surface area contributed by atoms with Crippen LogP contribution in [0.2, 0.25) is 0 Å². The molecule has 0 aliphatic carbocycles. The Bertz CT molecular complexity index is 305. The third kappa shape index (κ3) is 3.05. The molecular weight excluding hydrogens is 174 g/mol. The zero-order chi connectivity index (χ0) is 10.4. The zero-order valence-electron chi connectivity index (χ0n) is 8.07. The van der Waals surface area contributed by atoms with Crippen LogP contribution < -0.4 is 5.73 Å². The summed E-state index contributed by atoms with van der Waals surface area (Å²) in [6.45, 7) is 3.59. The van der Waals surface area contributed by atoms with E-state index in [9.17, 15) is 4.79 Å². The van der Waals surface area contributed by atoms with Crippen LogP contribution in [-0.4, -0.2) is 5.91 Å². The maximum absolute atomic E-state index is 11.0. The molecule has 0 spiro atoms. The molecule has 1 radical (unpaired) electrons. The molecule has 0 aliphatic rings. The van der Waals surface area contributed by atoms with Gasteiger partial charge in [-0.05, 0) is 18.4 Å². The van der Waals surface area contributed by atoms with E-state index < -0.39 is 5.91 Å². The topological polar surface area (TPSA) is 40.9 Å². The molecular formula is C12H14NO. The number of rotatable bonds is 5. The summed E-state index contributed by atoms with van der Waals surface area (Å²) in [7, 11) is 0. The summed E-state index contributed by atoms with van der Waals surface area (Å²) in [5.74, 6) is -0.747. The van der Waals surface area contributed by atoms with E-state index in [0.717, 1.165) is 5.56 Å². The van der Waals surface area contributed by atoms with Gasteiger partial charge in [0.05, 0.1) is 0 Å². The molecule has 1 aromatic carbocycles. The van der Waals surface area contributed by atoms with Gasteiger partial charge in [-0.3, -0.25) is 10.5 Å². The standard InChI is InChI=1S/C12H14NO/c1-2-6-11(12(13)14)9-10-7-4-3-5-8-10/h2-5,7-8,11,13H,1,6,9H2.